The molecule has 4 N–H and O–H groups in total. The lowest BCUT2D eigenvalue weighted by molar-refractivity contribution is 0.379. The van der Waals surface area contributed by atoms with Gasteiger partial charge < -0.3 is 15.3 Å². The molecule has 0 atom stereocenters. The normalized spacial score (nSPS) is 10.3. The summed E-state index contributed by atoms with van der Waals surface area (Å²) in [5.74, 6) is 7.96. The molecule has 2 heterocycles. The summed E-state index contributed by atoms with van der Waals surface area (Å²) in [5, 5.41) is 6.69. The third-order valence-electron chi connectivity index (χ3n) is 2.29. The Morgan fingerprint density at radius 3 is 2.83 bits per heavy atom. The maximum absolute atomic E-state index is 5.35. The molecule has 0 unspecified atom stereocenters. The van der Waals surface area contributed by atoms with E-state index >= 15 is 0 Å². The molecule has 0 aliphatic carbocycles. The standard InChI is InChI=1S/C10H15N7O/c1-2-7-15-8(5-9(16-7)17-11)12-4-3-10-13-6-14-18-10/h5-6H,2-4,11H2,1H3,(H2,12,15,16,17). The smallest absolute Gasteiger partial charge is 0.228 e. The number of nitrogens with two attached hydrogens (primary N) is 1. The Hall–Kier alpha value is -2.22. The molecule has 8 heteroatoms. The summed E-state index contributed by atoms with van der Waals surface area (Å²) in [6, 6.07) is 1.74. The van der Waals surface area contributed by atoms with Crippen LogP contribution in [0.3, 0.4) is 0 Å². The SMILES string of the molecule is CCc1nc(NN)cc(NCCc2ncno2)n1. The van der Waals surface area contributed by atoms with E-state index in [0.29, 0.717) is 30.5 Å². The van der Waals surface area contributed by atoms with Gasteiger partial charge in [0, 0.05) is 25.5 Å². The molecule has 8 nitrogen and oxygen atoms in total. The predicted molar refractivity (Wildman–Crippen MR) is 65.7 cm³/mol. The Kier molecular flexibility index (Phi) is 4.02. The second kappa shape index (κ2) is 5.92. The van der Waals surface area contributed by atoms with Crippen LogP contribution in [0.2, 0.25) is 0 Å². The van der Waals surface area contributed by atoms with E-state index in [1.165, 1.54) is 6.33 Å². The molecule has 0 amide bonds. The van der Waals surface area contributed by atoms with Crippen LogP contribution in [0.5, 0.6) is 0 Å². The maximum atomic E-state index is 5.35. The van der Waals surface area contributed by atoms with Gasteiger partial charge in [0.25, 0.3) is 0 Å². The van der Waals surface area contributed by atoms with Gasteiger partial charge >= 0.3 is 0 Å². The first-order chi connectivity index (χ1) is 8.81. The van der Waals surface area contributed by atoms with Gasteiger partial charge in [-0.2, -0.15) is 4.98 Å². The number of hydrogen-bond donors (Lipinski definition) is 3. The predicted octanol–water partition coefficient (Wildman–Crippen LogP) is 0.362. The van der Waals surface area contributed by atoms with E-state index in [-0.39, 0.29) is 0 Å². The molecular weight excluding hydrogens is 234 g/mol. The van der Waals surface area contributed by atoms with Crippen LogP contribution in [0.25, 0.3) is 0 Å². The summed E-state index contributed by atoms with van der Waals surface area (Å²) in [5.41, 5.74) is 2.51. The van der Waals surface area contributed by atoms with E-state index in [1.807, 2.05) is 6.92 Å². The zero-order valence-electron chi connectivity index (χ0n) is 10.1. The lowest BCUT2D eigenvalue weighted by atomic mass is 10.4. The molecule has 0 aliphatic rings. The Morgan fingerprint density at radius 1 is 1.33 bits per heavy atom. The van der Waals surface area contributed by atoms with Gasteiger partial charge in [-0.15, -0.1) is 0 Å². The van der Waals surface area contributed by atoms with E-state index in [2.05, 4.69) is 30.9 Å². The van der Waals surface area contributed by atoms with Gasteiger partial charge in [-0.3, -0.25) is 0 Å². The van der Waals surface area contributed by atoms with Crippen LogP contribution in [-0.4, -0.2) is 26.7 Å². The van der Waals surface area contributed by atoms with Crippen molar-refractivity contribution in [3.63, 3.8) is 0 Å². The number of aromatic nitrogens is 4. The fraction of sp³-hybridized carbons (Fsp3) is 0.400. The summed E-state index contributed by atoms with van der Waals surface area (Å²) < 4.78 is 4.90. The van der Waals surface area contributed by atoms with Crippen LogP contribution in [0, 0.1) is 0 Å². The molecule has 0 aromatic carbocycles. The third kappa shape index (κ3) is 3.14. The Balaban J connectivity index is 1.95. The number of nitrogen functional groups attached to an aromatic ring is 1. The molecular formula is C10H15N7O. The molecule has 2 aromatic heterocycles. The summed E-state index contributed by atoms with van der Waals surface area (Å²) in [7, 11) is 0. The van der Waals surface area contributed by atoms with E-state index in [9.17, 15) is 0 Å². The average molecular weight is 249 g/mol. The Bertz CT molecular complexity index is 463. The van der Waals surface area contributed by atoms with Gasteiger partial charge in [-0.1, -0.05) is 12.1 Å². The van der Waals surface area contributed by atoms with Crippen molar-refractivity contribution in [2.75, 3.05) is 17.3 Å². The highest BCUT2D eigenvalue weighted by molar-refractivity contribution is 5.46. The first-order valence-electron chi connectivity index (χ1n) is 5.65. The van der Waals surface area contributed by atoms with Crippen LogP contribution in [0.15, 0.2) is 16.9 Å². The second-order valence-corrected chi connectivity index (χ2v) is 3.56. The van der Waals surface area contributed by atoms with E-state index in [0.717, 1.165) is 12.2 Å². The van der Waals surface area contributed by atoms with Gasteiger partial charge in [0.2, 0.25) is 5.89 Å². The zero-order valence-corrected chi connectivity index (χ0v) is 10.1. The number of rotatable bonds is 6. The molecule has 2 rings (SSSR count). The summed E-state index contributed by atoms with van der Waals surface area (Å²) in [6.45, 7) is 2.63. The van der Waals surface area contributed by atoms with Gasteiger partial charge in [0.15, 0.2) is 6.33 Å². The lowest BCUT2D eigenvalue weighted by Gasteiger charge is -2.07. The highest BCUT2D eigenvalue weighted by Gasteiger charge is 2.03. The number of anilines is 2. The fourth-order valence-electron chi connectivity index (χ4n) is 1.42. The third-order valence-corrected chi connectivity index (χ3v) is 2.29. The first-order valence-corrected chi connectivity index (χ1v) is 5.65. The molecule has 18 heavy (non-hydrogen) atoms. The fourth-order valence-corrected chi connectivity index (χ4v) is 1.42. The van der Waals surface area contributed by atoms with Crippen molar-refractivity contribution in [2.45, 2.75) is 19.8 Å². The van der Waals surface area contributed by atoms with Crippen molar-refractivity contribution in [1.82, 2.24) is 20.1 Å². The van der Waals surface area contributed by atoms with Gasteiger partial charge in [-0.05, 0) is 0 Å². The largest absolute Gasteiger partial charge is 0.369 e. The summed E-state index contributed by atoms with van der Waals surface area (Å²) in [6.07, 6.45) is 2.76. The van der Waals surface area contributed by atoms with Crippen LogP contribution in [0.4, 0.5) is 11.6 Å². The minimum atomic E-state index is 0.585. The molecule has 0 aliphatic heterocycles. The zero-order chi connectivity index (χ0) is 12.8. The van der Waals surface area contributed by atoms with Crippen LogP contribution in [0.1, 0.15) is 18.6 Å². The van der Waals surface area contributed by atoms with E-state index in [4.69, 9.17) is 10.4 Å². The molecule has 0 spiro atoms. The van der Waals surface area contributed by atoms with E-state index in [1.54, 1.807) is 6.07 Å². The summed E-state index contributed by atoms with van der Waals surface area (Å²) >= 11 is 0. The quantitative estimate of drug-likeness (QED) is 0.496. The minimum absolute atomic E-state index is 0.585. The van der Waals surface area contributed by atoms with Crippen LogP contribution in [-0.2, 0) is 12.8 Å². The Labute approximate surface area is 104 Å². The Morgan fingerprint density at radius 2 is 2.17 bits per heavy atom. The molecule has 96 valence electrons. The minimum Gasteiger partial charge on any atom is -0.369 e. The number of nitrogens with one attached hydrogen (secondary N) is 2. The maximum Gasteiger partial charge on any atom is 0.228 e. The molecule has 0 fully saturated rings. The van der Waals surface area contributed by atoms with E-state index < -0.39 is 0 Å². The van der Waals surface area contributed by atoms with Crippen molar-refractivity contribution in [1.29, 1.82) is 0 Å². The number of nitrogens with zero attached hydrogens (tertiary/aromatic N) is 4. The van der Waals surface area contributed by atoms with Crippen molar-refractivity contribution < 1.29 is 4.52 Å². The van der Waals surface area contributed by atoms with Crippen molar-refractivity contribution in [3.05, 3.63) is 24.1 Å². The average Bonchev–Trinajstić information content (AvgIpc) is 2.91. The number of hydrogen-bond acceptors (Lipinski definition) is 8. The lowest BCUT2D eigenvalue weighted by Crippen LogP contribution is -2.13. The van der Waals surface area contributed by atoms with Crippen molar-refractivity contribution >= 4 is 11.6 Å². The number of aryl methyl sites for hydroxylation is 1. The molecule has 2 aromatic rings. The van der Waals surface area contributed by atoms with Crippen molar-refractivity contribution in [2.24, 2.45) is 5.84 Å². The first kappa shape index (κ1) is 12.2. The second-order valence-electron chi connectivity index (χ2n) is 3.56. The van der Waals surface area contributed by atoms with Crippen LogP contribution >= 0.6 is 0 Å². The summed E-state index contributed by atoms with van der Waals surface area (Å²) in [4.78, 5) is 12.5. The topological polar surface area (TPSA) is 115 Å². The molecule has 0 bridgehead atoms. The monoisotopic (exact) mass is 249 g/mol. The van der Waals surface area contributed by atoms with Gasteiger partial charge in [0.1, 0.15) is 17.5 Å². The van der Waals surface area contributed by atoms with Crippen molar-refractivity contribution in [3.8, 4) is 0 Å². The highest BCUT2D eigenvalue weighted by atomic mass is 16.5. The molecule has 0 saturated heterocycles. The highest BCUT2D eigenvalue weighted by Crippen LogP contribution is 2.10. The van der Waals surface area contributed by atoms with Crippen LogP contribution < -0.4 is 16.6 Å². The van der Waals surface area contributed by atoms with Gasteiger partial charge in [-0.25, -0.2) is 15.8 Å². The molecule has 0 saturated carbocycles. The molecule has 0 radical (unpaired) electrons. The van der Waals surface area contributed by atoms with Gasteiger partial charge in [0.05, 0.1) is 0 Å². The number of hydrazine groups is 1.